The van der Waals surface area contributed by atoms with Crippen molar-refractivity contribution in [2.45, 2.75) is 46.5 Å². The van der Waals surface area contributed by atoms with Gasteiger partial charge < -0.3 is 0 Å². The van der Waals surface area contributed by atoms with Gasteiger partial charge in [-0.3, -0.25) is 4.79 Å². The second kappa shape index (κ2) is 4.06. The summed E-state index contributed by atoms with van der Waals surface area (Å²) in [6.45, 7) is 6.42. The van der Waals surface area contributed by atoms with Crippen LogP contribution >= 0.6 is 0 Å². The van der Waals surface area contributed by atoms with Crippen molar-refractivity contribution in [2.24, 2.45) is 17.8 Å². The summed E-state index contributed by atoms with van der Waals surface area (Å²) in [5.41, 5.74) is 0. The van der Waals surface area contributed by atoms with E-state index in [9.17, 15) is 4.79 Å². The van der Waals surface area contributed by atoms with Gasteiger partial charge in [0.1, 0.15) is 5.78 Å². The van der Waals surface area contributed by atoms with Gasteiger partial charge in [-0.25, -0.2) is 0 Å². The van der Waals surface area contributed by atoms with E-state index in [2.05, 4.69) is 20.8 Å². The smallest absolute Gasteiger partial charge is 0.136 e. The summed E-state index contributed by atoms with van der Waals surface area (Å²) in [5.74, 6) is 2.16. The Morgan fingerprint density at radius 2 is 2.00 bits per heavy atom. The van der Waals surface area contributed by atoms with E-state index in [1.54, 1.807) is 0 Å². The van der Waals surface area contributed by atoms with Crippen molar-refractivity contribution in [3.05, 3.63) is 0 Å². The predicted octanol–water partition coefficient (Wildman–Crippen LogP) is 3.04. The van der Waals surface area contributed by atoms with Crippen LogP contribution in [0.5, 0.6) is 0 Å². The molecule has 0 heterocycles. The molecule has 0 aromatic heterocycles. The zero-order valence-electron chi connectivity index (χ0n) is 8.47. The zero-order valence-corrected chi connectivity index (χ0v) is 8.47. The number of carbonyl (C=O) groups is 1. The molecule has 2 atom stereocenters. The summed E-state index contributed by atoms with van der Waals surface area (Å²) in [4.78, 5) is 11.6. The summed E-state index contributed by atoms with van der Waals surface area (Å²) in [6.07, 6.45) is 4.50. The maximum Gasteiger partial charge on any atom is 0.136 e. The minimum atomic E-state index is 0.346. The second-order valence-corrected chi connectivity index (χ2v) is 4.31. The molecule has 0 aliphatic heterocycles. The van der Waals surface area contributed by atoms with Gasteiger partial charge in [-0.05, 0) is 24.7 Å². The number of carbonyl (C=O) groups excluding carboxylic acids is 1. The molecule has 0 aromatic carbocycles. The lowest BCUT2D eigenvalue weighted by atomic mass is 9.92. The van der Waals surface area contributed by atoms with Crippen LogP contribution in [0, 0.1) is 17.8 Å². The fourth-order valence-corrected chi connectivity index (χ4v) is 1.53. The Morgan fingerprint density at radius 3 is 2.42 bits per heavy atom. The molecule has 12 heavy (non-hydrogen) atoms. The van der Waals surface area contributed by atoms with Crippen LogP contribution in [0.3, 0.4) is 0 Å². The molecule has 0 spiro atoms. The third kappa shape index (κ3) is 2.62. The van der Waals surface area contributed by atoms with E-state index in [0.717, 1.165) is 18.8 Å². The minimum absolute atomic E-state index is 0.346. The standard InChI is InChI=1S/C11H20O/c1-4-8(2)7-11(12)9(3)10-5-6-10/h8-10H,4-7H2,1-3H3. The lowest BCUT2D eigenvalue weighted by molar-refractivity contribution is -0.123. The number of hydrogen-bond donors (Lipinski definition) is 0. The molecule has 1 nitrogen and oxygen atoms in total. The van der Waals surface area contributed by atoms with Gasteiger partial charge in [-0.2, -0.15) is 0 Å². The largest absolute Gasteiger partial charge is 0.299 e. The summed E-state index contributed by atoms with van der Waals surface area (Å²) in [5, 5.41) is 0. The topological polar surface area (TPSA) is 17.1 Å². The van der Waals surface area contributed by atoms with Crippen molar-refractivity contribution in [2.75, 3.05) is 0 Å². The second-order valence-electron chi connectivity index (χ2n) is 4.31. The van der Waals surface area contributed by atoms with Crippen molar-refractivity contribution < 1.29 is 4.79 Å². The highest BCUT2D eigenvalue weighted by atomic mass is 16.1. The number of rotatable bonds is 5. The van der Waals surface area contributed by atoms with Crippen LogP contribution < -0.4 is 0 Å². The summed E-state index contributed by atoms with van der Waals surface area (Å²) in [7, 11) is 0. The van der Waals surface area contributed by atoms with E-state index in [4.69, 9.17) is 0 Å². The molecule has 1 heteroatoms. The molecule has 1 aliphatic carbocycles. The van der Waals surface area contributed by atoms with Crippen LogP contribution in [0.4, 0.5) is 0 Å². The van der Waals surface area contributed by atoms with Gasteiger partial charge in [0.05, 0.1) is 0 Å². The Hall–Kier alpha value is -0.330. The maximum atomic E-state index is 11.6. The van der Waals surface area contributed by atoms with E-state index >= 15 is 0 Å². The first-order valence-corrected chi connectivity index (χ1v) is 5.17. The van der Waals surface area contributed by atoms with Gasteiger partial charge in [0, 0.05) is 12.3 Å². The monoisotopic (exact) mass is 168 g/mol. The molecule has 1 rings (SSSR count). The number of ketones is 1. The SMILES string of the molecule is CCC(C)CC(=O)C(C)C1CC1. The molecule has 1 aliphatic rings. The molecule has 0 amide bonds. The first-order valence-electron chi connectivity index (χ1n) is 5.17. The molecular weight excluding hydrogens is 148 g/mol. The molecule has 70 valence electrons. The summed E-state index contributed by atoms with van der Waals surface area (Å²) >= 11 is 0. The molecular formula is C11H20O. The Kier molecular flexibility index (Phi) is 3.30. The Morgan fingerprint density at radius 1 is 1.42 bits per heavy atom. The Bertz CT molecular complexity index is 158. The summed E-state index contributed by atoms with van der Waals surface area (Å²) in [6, 6.07) is 0. The highest BCUT2D eigenvalue weighted by molar-refractivity contribution is 5.81. The minimum Gasteiger partial charge on any atom is -0.299 e. The van der Waals surface area contributed by atoms with E-state index in [1.807, 2.05) is 0 Å². The number of hydrogen-bond acceptors (Lipinski definition) is 1. The van der Waals surface area contributed by atoms with Gasteiger partial charge in [0.2, 0.25) is 0 Å². The Balaban J connectivity index is 2.26. The summed E-state index contributed by atoms with van der Waals surface area (Å²) < 4.78 is 0. The highest BCUT2D eigenvalue weighted by Crippen LogP contribution is 2.37. The van der Waals surface area contributed by atoms with Crippen LogP contribution in [-0.2, 0) is 4.79 Å². The fourth-order valence-electron chi connectivity index (χ4n) is 1.53. The van der Waals surface area contributed by atoms with Crippen LogP contribution in [0.15, 0.2) is 0 Å². The van der Waals surface area contributed by atoms with Crippen LogP contribution in [0.25, 0.3) is 0 Å². The van der Waals surface area contributed by atoms with Gasteiger partial charge in [-0.1, -0.05) is 27.2 Å². The van der Waals surface area contributed by atoms with Crippen molar-refractivity contribution in [1.29, 1.82) is 0 Å². The first-order chi connectivity index (χ1) is 5.65. The highest BCUT2D eigenvalue weighted by Gasteiger charge is 2.32. The molecule has 1 fully saturated rings. The third-order valence-electron chi connectivity index (χ3n) is 3.08. The van der Waals surface area contributed by atoms with Gasteiger partial charge >= 0.3 is 0 Å². The van der Waals surface area contributed by atoms with Crippen molar-refractivity contribution in [3.63, 3.8) is 0 Å². The van der Waals surface area contributed by atoms with Gasteiger partial charge in [0.15, 0.2) is 0 Å². The van der Waals surface area contributed by atoms with E-state index < -0.39 is 0 Å². The lowest BCUT2D eigenvalue weighted by Gasteiger charge is -2.12. The van der Waals surface area contributed by atoms with Crippen molar-refractivity contribution in [1.82, 2.24) is 0 Å². The first kappa shape index (κ1) is 9.76. The maximum absolute atomic E-state index is 11.6. The third-order valence-corrected chi connectivity index (χ3v) is 3.08. The van der Waals surface area contributed by atoms with Crippen molar-refractivity contribution >= 4 is 5.78 Å². The van der Waals surface area contributed by atoms with Crippen molar-refractivity contribution in [3.8, 4) is 0 Å². The van der Waals surface area contributed by atoms with Crippen LogP contribution in [0.2, 0.25) is 0 Å². The van der Waals surface area contributed by atoms with E-state index in [1.165, 1.54) is 12.8 Å². The quantitative estimate of drug-likeness (QED) is 0.616. The van der Waals surface area contributed by atoms with Crippen LogP contribution in [-0.4, -0.2) is 5.78 Å². The number of Topliss-reactive ketones (excluding diaryl/α,β-unsaturated/α-hetero) is 1. The molecule has 0 saturated heterocycles. The predicted molar refractivity (Wildman–Crippen MR) is 51.0 cm³/mol. The van der Waals surface area contributed by atoms with Gasteiger partial charge in [-0.15, -0.1) is 0 Å². The van der Waals surface area contributed by atoms with E-state index in [0.29, 0.717) is 17.6 Å². The normalized spacial score (nSPS) is 21.9. The zero-order chi connectivity index (χ0) is 9.14. The van der Waals surface area contributed by atoms with Crippen LogP contribution in [0.1, 0.15) is 46.5 Å². The fraction of sp³-hybridized carbons (Fsp3) is 0.909. The van der Waals surface area contributed by atoms with Gasteiger partial charge in [0.25, 0.3) is 0 Å². The lowest BCUT2D eigenvalue weighted by Crippen LogP contribution is -2.15. The average molecular weight is 168 g/mol. The molecule has 2 unspecified atom stereocenters. The molecule has 0 N–H and O–H groups in total. The molecule has 0 aromatic rings. The average Bonchev–Trinajstić information content (AvgIpc) is 2.85. The molecule has 1 saturated carbocycles. The Labute approximate surface area is 75.5 Å². The molecule has 0 bridgehead atoms. The molecule has 0 radical (unpaired) electrons. The van der Waals surface area contributed by atoms with E-state index in [-0.39, 0.29) is 0 Å².